The molecule has 3 N–H and O–H groups in total. The highest BCUT2D eigenvalue weighted by Gasteiger charge is 2.21. The van der Waals surface area contributed by atoms with E-state index in [-0.39, 0.29) is 13.0 Å². The van der Waals surface area contributed by atoms with E-state index in [2.05, 4.69) is 11.7 Å². The minimum absolute atomic E-state index is 0.277. The lowest BCUT2D eigenvalue weighted by Gasteiger charge is -2.13. The molecule has 0 rings (SSSR count). The first-order valence-corrected chi connectivity index (χ1v) is 9.77. The second kappa shape index (κ2) is 16.5. The lowest BCUT2D eigenvalue weighted by molar-refractivity contribution is -0.162. The van der Waals surface area contributed by atoms with Gasteiger partial charge in [0.05, 0.1) is 6.42 Å². The van der Waals surface area contributed by atoms with Crippen LogP contribution in [0.2, 0.25) is 0 Å². The van der Waals surface area contributed by atoms with Crippen LogP contribution >= 0.6 is 0 Å². The van der Waals surface area contributed by atoms with E-state index in [0.717, 1.165) is 19.3 Å². The van der Waals surface area contributed by atoms with Gasteiger partial charge in [-0.1, -0.05) is 58.3 Å². The molecule has 0 heterocycles. The summed E-state index contributed by atoms with van der Waals surface area (Å²) in [5.41, 5.74) is 0. The Bertz CT molecular complexity index is 424. The Morgan fingerprint density at radius 2 is 1.33 bits per heavy atom. The molecule has 8 heteroatoms. The third-order valence-corrected chi connectivity index (χ3v) is 3.98. The smallest absolute Gasteiger partial charge is 0.335 e. The fourth-order valence-corrected chi connectivity index (χ4v) is 2.41. The Morgan fingerprint density at radius 1 is 0.815 bits per heavy atom. The maximum absolute atomic E-state index is 11.6. The van der Waals surface area contributed by atoms with E-state index in [1.165, 1.54) is 38.5 Å². The fraction of sp³-hybridized carbons (Fsp3) is 0.842. The van der Waals surface area contributed by atoms with Crippen molar-refractivity contribution in [3.8, 4) is 0 Å². The lowest BCUT2D eigenvalue weighted by atomic mass is 10.1. The number of esters is 2. The predicted molar refractivity (Wildman–Crippen MR) is 98.0 cm³/mol. The molecule has 27 heavy (non-hydrogen) atoms. The summed E-state index contributed by atoms with van der Waals surface area (Å²) < 4.78 is 9.46. The summed E-state index contributed by atoms with van der Waals surface area (Å²) in [6, 6.07) is 0. The molecule has 0 aliphatic rings. The van der Waals surface area contributed by atoms with Crippen LogP contribution in [0.5, 0.6) is 0 Å². The van der Waals surface area contributed by atoms with Crippen molar-refractivity contribution in [3.63, 3.8) is 0 Å². The standard InChI is InChI=1S/C19H34O8/c1-2-3-4-5-6-7-8-9-10-11-18(24)26-13-15(20)14-27-19(25)16(21)12-17(22)23/h15-16,20-21H,2-14H2,1H3,(H,22,23)/t15?,16-/m0/s1. The number of carboxylic acids is 1. The van der Waals surface area contributed by atoms with E-state index in [1.807, 2.05) is 0 Å². The molecule has 8 nitrogen and oxygen atoms in total. The molecule has 0 aliphatic heterocycles. The number of aliphatic hydroxyl groups is 2. The summed E-state index contributed by atoms with van der Waals surface area (Å²) in [5, 5.41) is 27.2. The van der Waals surface area contributed by atoms with Gasteiger partial charge in [-0.05, 0) is 6.42 Å². The van der Waals surface area contributed by atoms with Crippen LogP contribution in [0.3, 0.4) is 0 Å². The molecule has 1 unspecified atom stereocenters. The van der Waals surface area contributed by atoms with E-state index in [9.17, 15) is 24.6 Å². The average molecular weight is 390 g/mol. The van der Waals surface area contributed by atoms with Gasteiger partial charge >= 0.3 is 17.9 Å². The molecule has 0 aliphatic carbocycles. The summed E-state index contributed by atoms with van der Waals surface area (Å²) in [6.07, 6.45) is 6.79. The van der Waals surface area contributed by atoms with Crippen molar-refractivity contribution < 1.29 is 39.2 Å². The largest absolute Gasteiger partial charge is 0.481 e. The molecular weight excluding hydrogens is 356 g/mol. The van der Waals surface area contributed by atoms with Crippen molar-refractivity contribution >= 4 is 17.9 Å². The van der Waals surface area contributed by atoms with Crippen LogP contribution in [0, 0.1) is 0 Å². The van der Waals surface area contributed by atoms with Crippen molar-refractivity contribution in [1.29, 1.82) is 0 Å². The molecule has 0 bridgehead atoms. The number of ether oxygens (including phenoxy) is 2. The third kappa shape index (κ3) is 16.2. The highest BCUT2D eigenvalue weighted by Crippen LogP contribution is 2.10. The maximum Gasteiger partial charge on any atom is 0.335 e. The van der Waals surface area contributed by atoms with E-state index in [0.29, 0.717) is 0 Å². The fourth-order valence-electron chi connectivity index (χ4n) is 2.41. The predicted octanol–water partition coefficient (Wildman–Crippen LogP) is 2.19. The van der Waals surface area contributed by atoms with Crippen LogP contribution in [0.15, 0.2) is 0 Å². The van der Waals surface area contributed by atoms with Gasteiger partial charge in [-0.25, -0.2) is 4.79 Å². The summed E-state index contributed by atoms with van der Waals surface area (Å²) in [4.78, 5) is 33.2. The second-order valence-electron chi connectivity index (χ2n) is 6.66. The van der Waals surface area contributed by atoms with Crippen LogP contribution in [0.1, 0.15) is 77.6 Å². The van der Waals surface area contributed by atoms with Crippen molar-refractivity contribution in [1.82, 2.24) is 0 Å². The van der Waals surface area contributed by atoms with Crippen molar-refractivity contribution in [2.45, 2.75) is 89.8 Å². The quantitative estimate of drug-likeness (QED) is 0.254. The number of carbonyl (C=O) groups excluding carboxylic acids is 2. The number of carboxylic acid groups (broad SMARTS) is 1. The third-order valence-electron chi connectivity index (χ3n) is 3.98. The summed E-state index contributed by atoms with van der Waals surface area (Å²) in [5.74, 6) is -2.91. The Balaban J connectivity index is 3.60. The van der Waals surface area contributed by atoms with Gasteiger partial charge in [0.1, 0.15) is 19.3 Å². The number of hydrogen-bond donors (Lipinski definition) is 3. The molecule has 0 amide bonds. The van der Waals surface area contributed by atoms with Gasteiger partial charge in [0.2, 0.25) is 0 Å². The molecule has 0 fully saturated rings. The van der Waals surface area contributed by atoms with Gasteiger partial charge in [-0.15, -0.1) is 0 Å². The van der Waals surface area contributed by atoms with Crippen LogP contribution in [0.25, 0.3) is 0 Å². The van der Waals surface area contributed by atoms with Crippen molar-refractivity contribution in [2.24, 2.45) is 0 Å². The molecule has 0 spiro atoms. The van der Waals surface area contributed by atoms with E-state index >= 15 is 0 Å². The molecule has 0 radical (unpaired) electrons. The summed E-state index contributed by atoms with van der Waals surface area (Å²) in [6.45, 7) is 1.39. The minimum Gasteiger partial charge on any atom is -0.481 e. The van der Waals surface area contributed by atoms with Gasteiger partial charge in [0, 0.05) is 6.42 Å². The molecule has 0 aromatic rings. The van der Waals surface area contributed by atoms with E-state index < -0.39 is 43.1 Å². The highest BCUT2D eigenvalue weighted by molar-refractivity contribution is 5.80. The number of unbranched alkanes of at least 4 members (excludes halogenated alkanes) is 8. The van der Waals surface area contributed by atoms with E-state index in [1.54, 1.807) is 0 Å². The van der Waals surface area contributed by atoms with E-state index in [4.69, 9.17) is 9.84 Å². The van der Waals surface area contributed by atoms with Gasteiger partial charge < -0.3 is 24.8 Å². The monoisotopic (exact) mass is 390 g/mol. The zero-order valence-corrected chi connectivity index (χ0v) is 16.2. The zero-order chi connectivity index (χ0) is 20.5. The number of aliphatic hydroxyl groups excluding tert-OH is 2. The Labute approximate surface area is 160 Å². The zero-order valence-electron chi connectivity index (χ0n) is 16.2. The molecule has 0 aromatic heterocycles. The Hall–Kier alpha value is -1.67. The average Bonchev–Trinajstić information content (AvgIpc) is 2.62. The molecule has 0 aromatic carbocycles. The topological polar surface area (TPSA) is 130 Å². The highest BCUT2D eigenvalue weighted by atomic mass is 16.6. The van der Waals surface area contributed by atoms with Crippen LogP contribution in [-0.4, -0.2) is 58.6 Å². The normalized spacial score (nSPS) is 13.0. The maximum atomic E-state index is 11.6. The summed E-state index contributed by atoms with van der Waals surface area (Å²) in [7, 11) is 0. The van der Waals surface area contributed by atoms with Crippen LogP contribution in [-0.2, 0) is 23.9 Å². The van der Waals surface area contributed by atoms with Crippen molar-refractivity contribution in [3.05, 3.63) is 0 Å². The first kappa shape index (κ1) is 25.3. The first-order chi connectivity index (χ1) is 12.9. The Morgan fingerprint density at radius 3 is 1.89 bits per heavy atom. The second-order valence-corrected chi connectivity index (χ2v) is 6.66. The molecule has 0 saturated carbocycles. The van der Waals surface area contributed by atoms with Gasteiger partial charge in [-0.2, -0.15) is 0 Å². The Kier molecular flexibility index (Phi) is 15.5. The van der Waals surface area contributed by atoms with Gasteiger partial charge in [0.25, 0.3) is 0 Å². The van der Waals surface area contributed by atoms with Crippen LogP contribution < -0.4 is 0 Å². The van der Waals surface area contributed by atoms with Crippen molar-refractivity contribution in [2.75, 3.05) is 13.2 Å². The number of carbonyl (C=O) groups is 3. The van der Waals surface area contributed by atoms with Gasteiger partial charge in [-0.3, -0.25) is 9.59 Å². The molecular formula is C19H34O8. The van der Waals surface area contributed by atoms with Crippen LogP contribution in [0.4, 0.5) is 0 Å². The summed E-state index contributed by atoms with van der Waals surface area (Å²) >= 11 is 0. The molecule has 2 atom stereocenters. The van der Waals surface area contributed by atoms with Gasteiger partial charge in [0.15, 0.2) is 6.10 Å². The number of aliphatic carboxylic acids is 1. The lowest BCUT2D eigenvalue weighted by Crippen LogP contribution is -2.31. The first-order valence-electron chi connectivity index (χ1n) is 9.77. The number of hydrogen-bond acceptors (Lipinski definition) is 7. The molecule has 0 saturated heterocycles. The molecule has 158 valence electrons. The number of rotatable bonds is 17. The minimum atomic E-state index is -1.79. The SMILES string of the molecule is CCCCCCCCCCCC(=O)OCC(O)COC(=O)[C@@H](O)CC(=O)O.